The molecule has 1 atom stereocenters. The molecule has 0 saturated carbocycles. The van der Waals surface area contributed by atoms with E-state index in [1.807, 2.05) is 0 Å². The van der Waals surface area contributed by atoms with Crippen LogP contribution in [-0.2, 0) is 9.84 Å². The van der Waals surface area contributed by atoms with Gasteiger partial charge in [0.25, 0.3) is 5.91 Å². The molecule has 1 aliphatic rings. The van der Waals surface area contributed by atoms with Crippen LogP contribution in [0.5, 0.6) is 0 Å². The Balaban J connectivity index is 2.16. The van der Waals surface area contributed by atoms with E-state index in [-0.39, 0.29) is 30.0 Å². The van der Waals surface area contributed by atoms with E-state index in [0.717, 1.165) is 5.56 Å². The van der Waals surface area contributed by atoms with Crippen LogP contribution in [-0.4, -0.2) is 50.4 Å². The van der Waals surface area contributed by atoms with Crippen LogP contribution in [0.1, 0.15) is 22.3 Å². The highest BCUT2D eigenvalue weighted by Gasteiger charge is 2.32. The van der Waals surface area contributed by atoms with E-state index < -0.39 is 9.84 Å². The summed E-state index contributed by atoms with van der Waals surface area (Å²) in [5, 5.41) is 0. The van der Waals surface area contributed by atoms with Crippen molar-refractivity contribution in [1.82, 2.24) is 4.90 Å². The molecule has 1 unspecified atom stereocenters. The van der Waals surface area contributed by atoms with Gasteiger partial charge in [-0.05, 0) is 24.6 Å². The molecule has 1 fully saturated rings. The molecule has 0 bridgehead atoms. The highest BCUT2D eigenvalue weighted by molar-refractivity contribution is 7.91. The van der Waals surface area contributed by atoms with Crippen LogP contribution in [0.2, 0.25) is 0 Å². The lowest BCUT2D eigenvalue weighted by Crippen LogP contribution is -2.37. The monoisotopic (exact) mass is 306 g/mol. The molecule has 1 aromatic carbocycles. The Labute approximate surface area is 125 Å². The first kappa shape index (κ1) is 15.5. The minimum absolute atomic E-state index is 0.0436. The zero-order valence-electron chi connectivity index (χ0n) is 11.9. The summed E-state index contributed by atoms with van der Waals surface area (Å²) in [6.45, 7) is 0.262. The van der Waals surface area contributed by atoms with E-state index in [1.165, 1.54) is 4.90 Å². The molecule has 112 valence electrons. The first-order valence-electron chi connectivity index (χ1n) is 6.69. The number of hydrogen-bond donors (Lipinski definition) is 1. The van der Waals surface area contributed by atoms with Crippen molar-refractivity contribution in [2.45, 2.75) is 12.5 Å². The van der Waals surface area contributed by atoms with Crippen molar-refractivity contribution in [3.05, 3.63) is 35.4 Å². The zero-order chi connectivity index (χ0) is 15.5. The second-order valence-corrected chi connectivity index (χ2v) is 7.29. The molecule has 2 rings (SSSR count). The highest BCUT2D eigenvalue weighted by atomic mass is 32.2. The summed E-state index contributed by atoms with van der Waals surface area (Å²) >= 11 is 0. The third-order valence-electron chi connectivity index (χ3n) is 3.52. The Morgan fingerprint density at radius 3 is 2.86 bits per heavy atom. The number of benzene rings is 1. The second kappa shape index (κ2) is 6.29. The highest BCUT2D eigenvalue weighted by Crippen LogP contribution is 2.18. The van der Waals surface area contributed by atoms with Gasteiger partial charge in [-0.2, -0.15) is 0 Å². The minimum atomic E-state index is -3.01. The molecule has 5 nitrogen and oxygen atoms in total. The molecule has 21 heavy (non-hydrogen) atoms. The Morgan fingerprint density at radius 1 is 1.48 bits per heavy atom. The van der Waals surface area contributed by atoms with Gasteiger partial charge in [-0.25, -0.2) is 8.42 Å². The maximum atomic E-state index is 12.4. The van der Waals surface area contributed by atoms with Crippen molar-refractivity contribution in [2.24, 2.45) is 5.73 Å². The molecule has 0 spiro atoms. The first-order valence-corrected chi connectivity index (χ1v) is 8.51. The van der Waals surface area contributed by atoms with Gasteiger partial charge in [0.05, 0.1) is 18.1 Å². The van der Waals surface area contributed by atoms with Crippen LogP contribution >= 0.6 is 0 Å². The zero-order valence-corrected chi connectivity index (χ0v) is 12.7. The Kier molecular flexibility index (Phi) is 4.66. The van der Waals surface area contributed by atoms with Gasteiger partial charge in [0.15, 0.2) is 9.84 Å². The van der Waals surface area contributed by atoms with Crippen molar-refractivity contribution in [3.63, 3.8) is 0 Å². The number of nitrogens with two attached hydrogens (primary N) is 1. The maximum absolute atomic E-state index is 12.4. The van der Waals surface area contributed by atoms with Crippen LogP contribution < -0.4 is 5.73 Å². The summed E-state index contributed by atoms with van der Waals surface area (Å²) in [5.41, 5.74) is 6.55. The molecular weight excluding hydrogens is 288 g/mol. The lowest BCUT2D eigenvalue weighted by Gasteiger charge is -2.23. The summed E-state index contributed by atoms with van der Waals surface area (Å²) in [6, 6.07) is 6.72. The van der Waals surface area contributed by atoms with Crippen molar-refractivity contribution >= 4 is 15.7 Å². The van der Waals surface area contributed by atoms with Crippen LogP contribution in [0.25, 0.3) is 0 Å². The molecule has 2 N–H and O–H groups in total. The molecular formula is C15H18N2O3S. The van der Waals surface area contributed by atoms with E-state index in [0.29, 0.717) is 12.0 Å². The second-order valence-electron chi connectivity index (χ2n) is 5.06. The number of carbonyl (C=O) groups excluding carboxylic acids is 1. The predicted octanol–water partition coefficient (Wildman–Crippen LogP) is 0.256. The number of amides is 1. The maximum Gasteiger partial charge on any atom is 0.253 e. The quantitative estimate of drug-likeness (QED) is 0.795. The van der Waals surface area contributed by atoms with Gasteiger partial charge in [-0.1, -0.05) is 17.9 Å². The minimum Gasteiger partial charge on any atom is -0.338 e. The summed E-state index contributed by atoms with van der Waals surface area (Å²) < 4.78 is 23.0. The fourth-order valence-electron chi connectivity index (χ4n) is 2.33. The molecule has 0 aliphatic carbocycles. The van der Waals surface area contributed by atoms with Gasteiger partial charge in [-0.3, -0.25) is 4.79 Å². The number of rotatable bonds is 2. The summed E-state index contributed by atoms with van der Waals surface area (Å²) in [6.07, 6.45) is 0.497. The van der Waals surface area contributed by atoms with Crippen molar-refractivity contribution in [1.29, 1.82) is 0 Å². The van der Waals surface area contributed by atoms with E-state index in [2.05, 4.69) is 11.8 Å². The third-order valence-corrected chi connectivity index (χ3v) is 5.27. The van der Waals surface area contributed by atoms with Gasteiger partial charge in [0.2, 0.25) is 0 Å². The average Bonchev–Trinajstić information content (AvgIpc) is 2.84. The van der Waals surface area contributed by atoms with E-state index in [4.69, 9.17) is 5.73 Å². The van der Waals surface area contributed by atoms with Gasteiger partial charge < -0.3 is 10.6 Å². The van der Waals surface area contributed by atoms with E-state index in [1.54, 1.807) is 31.3 Å². The lowest BCUT2D eigenvalue weighted by atomic mass is 10.1. The summed E-state index contributed by atoms with van der Waals surface area (Å²) in [5.74, 6) is 5.63. The molecule has 1 heterocycles. The van der Waals surface area contributed by atoms with E-state index >= 15 is 0 Å². The first-order chi connectivity index (χ1) is 9.93. The molecule has 1 amide bonds. The Morgan fingerprint density at radius 2 is 2.24 bits per heavy atom. The third kappa shape index (κ3) is 3.84. The van der Waals surface area contributed by atoms with Crippen molar-refractivity contribution < 1.29 is 13.2 Å². The van der Waals surface area contributed by atoms with Crippen LogP contribution in [0, 0.1) is 11.8 Å². The van der Waals surface area contributed by atoms with Crippen LogP contribution in [0.15, 0.2) is 24.3 Å². The largest absolute Gasteiger partial charge is 0.338 e. The van der Waals surface area contributed by atoms with Crippen molar-refractivity contribution in [3.8, 4) is 11.8 Å². The number of hydrogen-bond acceptors (Lipinski definition) is 4. The topological polar surface area (TPSA) is 80.5 Å². The summed E-state index contributed by atoms with van der Waals surface area (Å²) in [4.78, 5) is 13.9. The van der Waals surface area contributed by atoms with Crippen molar-refractivity contribution in [2.75, 3.05) is 25.1 Å². The molecule has 1 saturated heterocycles. The SMILES string of the molecule is CN(C(=O)c1cccc(C#CCN)c1)C1CCS(=O)(=O)C1. The van der Waals surface area contributed by atoms with Crippen LogP contribution in [0.4, 0.5) is 0 Å². The molecule has 1 aliphatic heterocycles. The predicted molar refractivity (Wildman–Crippen MR) is 81.5 cm³/mol. The number of nitrogens with zero attached hydrogens (tertiary/aromatic N) is 1. The van der Waals surface area contributed by atoms with Crippen LogP contribution in [0.3, 0.4) is 0 Å². The molecule has 0 radical (unpaired) electrons. The van der Waals surface area contributed by atoms with Gasteiger partial charge in [0, 0.05) is 24.2 Å². The summed E-state index contributed by atoms with van der Waals surface area (Å²) in [7, 11) is -1.36. The molecule has 1 aromatic rings. The average molecular weight is 306 g/mol. The van der Waals surface area contributed by atoms with E-state index in [9.17, 15) is 13.2 Å². The smallest absolute Gasteiger partial charge is 0.253 e. The van der Waals surface area contributed by atoms with Gasteiger partial charge >= 0.3 is 0 Å². The molecule has 6 heteroatoms. The lowest BCUT2D eigenvalue weighted by molar-refractivity contribution is 0.0747. The van der Waals surface area contributed by atoms with Gasteiger partial charge in [-0.15, -0.1) is 0 Å². The Bertz CT molecular complexity index is 701. The standard InChI is InChI=1S/C15H18N2O3S/c1-17(14-7-9-21(19,20)11-14)15(18)13-6-2-4-12(10-13)5-3-8-16/h2,4,6,10,14H,7-9,11,16H2,1H3. The number of carbonyl (C=O) groups is 1. The van der Waals surface area contributed by atoms with Gasteiger partial charge in [0.1, 0.15) is 0 Å². The fraction of sp³-hybridized carbons (Fsp3) is 0.400. The molecule has 0 aromatic heterocycles. The fourth-order valence-corrected chi connectivity index (χ4v) is 4.11. The number of sulfone groups is 1. The Hall–Kier alpha value is -1.84. The normalized spacial score (nSPS) is 19.6.